The SMILES string of the molecule is Cc1ccc(-c2nn(-c3ccccc3)cc2C2CC(c3c(O)c4cccc(C)c4oc3=O)=Nc3ccccc3C2)cc1. The molecule has 6 heteroatoms. The molecule has 0 saturated carbocycles. The third-order valence-electron chi connectivity index (χ3n) is 8.07. The molecule has 6 nitrogen and oxygen atoms in total. The molecule has 0 spiro atoms. The second-order valence-corrected chi connectivity index (χ2v) is 10.9. The van der Waals surface area contributed by atoms with Crippen LogP contribution in [0, 0.1) is 13.8 Å². The Balaban J connectivity index is 1.42. The van der Waals surface area contributed by atoms with Crippen molar-refractivity contribution in [2.45, 2.75) is 32.6 Å². The zero-order chi connectivity index (χ0) is 28.8. The number of aromatic hydroxyl groups is 1. The van der Waals surface area contributed by atoms with Crippen molar-refractivity contribution in [1.82, 2.24) is 9.78 Å². The Kier molecular flexibility index (Phi) is 6.31. The highest BCUT2D eigenvalue weighted by Gasteiger charge is 2.30. The van der Waals surface area contributed by atoms with Crippen LogP contribution in [0.25, 0.3) is 27.9 Å². The lowest BCUT2D eigenvalue weighted by Gasteiger charge is -2.17. The number of rotatable bonds is 4. The molecule has 0 aliphatic carbocycles. The highest BCUT2D eigenvalue weighted by Crippen LogP contribution is 2.40. The van der Waals surface area contributed by atoms with E-state index in [0.29, 0.717) is 29.5 Å². The van der Waals surface area contributed by atoms with Gasteiger partial charge in [-0.25, -0.2) is 9.48 Å². The lowest BCUT2D eigenvalue weighted by molar-refractivity contribution is 0.465. The molecule has 0 bridgehead atoms. The number of nitrogens with zero attached hydrogens (tertiary/aromatic N) is 3. The molecular weight excluding hydrogens is 522 g/mol. The van der Waals surface area contributed by atoms with Gasteiger partial charge in [-0.2, -0.15) is 5.10 Å². The van der Waals surface area contributed by atoms with Gasteiger partial charge >= 0.3 is 5.63 Å². The number of fused-ring (bicyclic) bond motifs is 2. The molecule has 1 atom stereocenters. The van der Waals surface area contributed by atoms with Gasteiger partial charge in [-0.1, -0.05) is 78.4 Å². The van der Waals surface area contributed by atoms with Crippen LogP contribution in [0.1, 0.15) is 40.2 Å². The van der Waals surface area contributed by atoms with Crippen LogP contribution < -0.4 is 5.63 Å². The molecule has 6 aromatic rings. The Bertz CT molecular complexity index is 2040. The highest BCUT2D eigenvalue weighted by molar-refractivity contribution is 6.08. The maximum Gasteiger partial charge on any atom is 0.349 e. The smallest absolute Gasteiger partial charge is 0.349 e. The molecule has 0 saturated heterocycles. The highest BCUT2D eigenvalue weighted by atomic mass is 16.4. The molecular formula is C36H29N3O3. The summed E-state index contributed by atoms with van der Waals surface area (Å²) in [5, 5.41) is 17.0. The Hall–Kier alpha value is -5.23. The van der Waals surface area contributed by atoms with Crippen molar-refractivity contribution < 1.29 is 9.52 Å². The van der Waals surface area contributed by atoms with E-state index in [1.165, 1.54) is 5.56 Å². The van der Waals surface area contributed by atoms with Crippen LogP contribution in [-0.2, 0) is 6.42 Å². The van der Waals surface area contributed by atoms with E-state index >= 15 is 0 Å². The molecule has 0 radical (unpaired) electrons. The van der Waals surface area contributed by atoms with Crippen LogP contribution in [0.5, 0.6) is 5.75 Å². The molecule has 1 aliphatic heterocycles. The third kappa shape index (κ3) is 4.51. The molecule has 1 aliphatic rings. The van der Waals surface area contributed by atoms with E-state index in [1.807, 2.05) is 72.3 Å². The minimum atomic E-state index is -0.593. The fourth-order valence-corrected chi connectivity index (χ4v) is 5.87. The Labute approximate surface area is 243 Å². The van der Waals surface area contributed by atoms with Gasteiger partial charge in [0.15, 0.2) is 0 Å². The quantitative estimate of drug-likeness (QED) is 0.227. The zero-order valence-electron chi connectivity index (χ0n) is 23.4. The fourth-order valence-electron chi connectivity index (χ4n) is 5.87. The summed E-state index contributed by atoms with van der Waals surface area (Å²) < 4.78 is 7.70. The summed E-state index contributed by atoms with van der Waals surface area (Å²) >= 11 is 0. The zero-order valence-corrected chi connectivity index (χ0v) is 23.4. The van der Waals surface area contributed by atoms with Gasteiger partial charge in [0.25, 0.3) is 0 Å². The van der Waals surface area contributed by atoms with Crippen LogP contribution in [-0.4, -0.2) is 20.6 Å². The molecule has 0 fully saturated rings. The molecule has 206 valence electrons. The standard InChI is InChI=1S/C36H29N3O3/c1-22-15-17-24(18-16-22)33-29(21-39(38-33)27-11-4-3-5-12-27)26-19-25-10-6-7-14-30(25)37-31(20-26)32-34(40)28-13-8-9-23(2)35(28)42-36(32)41/h3-18,21,26,40H,19-20H2,1-2H3. The molecule has 4 aromatic carbocycles. The molecule has 1 unspecified atom stereocenters. The second-order valence-electron chi connectivity index (χ2n) is 10.9. The van der Waals surface area contributed by atoms with Gasteiger partial charge in [-0.3, -0.25) is 4.99 Å². The lowest BCUT2D eigenvalue weighted by atomic mass is 9.86. The number of aliphatic imine (C=N–C) groups is 1. The van der Waals surface area contributed by atoms with Crippen molar-refractivity contribution in [2.24, 2.45) is 4.99 Å². The first kappa shape index (κ1) is 25.7. The predicted molar refractivity (Wildman–Crippen MR) is 166 cm³/mol. The molecule has 1 N–H and O–H groups in total. The second kappa shape index (κ2) is 10.3. The normalized spacial score (nSPS) is 14.8. The number of hydrogen-bond acceptors (Lipinski definition) is 5. The minimum absolute atomic E-state index is 0.0758. The van der Waals surface area contributed by atoms with E-state index in [-0.39, 0.29) is 17.2 Å². The molecule has 2 aromatic heterocycles. The van der Waals surface area contributed by atoms with E-state index in [2.05, 4.69) is 43.5 Å². The first-order valence-electron chi connectivity index (χ1n) is 14.1. The summed E-state index contributed by atoms with van der Waals surface area (Å²) in [5.74, 6) is -0.172. The van der Waals surface area contributed by atoms with Crippen molar-refractivity contribution in [1.29, 1.82) is 0 Å². The average molecular weight is 552 g/mol. The average Bonchev–Trinajstić information content (AvgIpc) is 3.35. The number of para-hydroxylation sites is 3. The number of aromatic nitrogens is 2. The maximum atomic E-state index is 13.5. The van der Waals surface area contributed by atoms with E-state index in [0.717, 1.165) is 39.3 Å². The van der Waals surface area contributed by atoms with E-state index in [4.69, 9.17) is 14.5 Å². The van der Waals surface area contributed by atoms with Gasteiger partial charge in [-0.15, -0.1) is 0 Å². The number of benzene rings is 4. The van der Waals surface area contributed by atoms with Crippen molar-refractivity contribution in [3.05, 3.63) is 141 Å². The molecule has 7 rings (SSSR count). The maximum absolute atomic E-state index is 13.5. The Morgan fingerprint density at radius 3 is 2.43 bits per heavy atom. The van der Waals surface area contributed by atoms with Crippen LogP contribution in [0.4, 0.5) is 5.69 Å². The minimum Gasteiger partial charge on any atom is -0.506 e. The van der Waals surface area contributed by atoms with Crippen molar-refractivity contribution in [3.63, 3.8) is 0 Å². The van der Waals surface area contributed by atoms with Gasteiger partial charge < -0.3 is 9.52 Å². The van der Waals surface area contributed by atoms with Crippen LogP contribution in [0.3, 0.4) is 0 Å². The topological polar surface area (TPSA) is 80.6 Å². The summed E-state index contributed by atoms with van der Waals surface area (Å²) in [6, 6.07) is 31.9. The first-order valence-corrected chi connectivity index (χ1v) is 14.1. The number of aryl methyl sites for hydroxylation is 2. The molecule has 0 amide bonds. The predicted octanol–water partition coefficient (Wildman–Crippen LogP) is 7.82. The van der Waals surface area contributed by atoms with Gasteiger partial charge in [0.2, 0.25) is 0 Å². The van der Waals surface area contributed by atoms with Crippen LogP contribution >= 0.6 is 0 Å². The van der Waals surface area contributed by atoms with E-state index in [9.17, 15) is 9.90 Å². The van der Waals surface area contributed by atoms with Crippen molar-refractivity contribution >= 4 is 22.4 Å². The summed E-state index contributed by atoms with van der Waals surface area (Å²) in [6.45, 7) is 3.93. The van der Waals surface area contributed by atoms with Crippen molar-refractivity contribution in [3.8, 4) is 22.7 Å². The Morgan fingerprint density at radius 2 is 1.62 bits per heavy atom. The summed E-state index contributed by atoms with van der Waals surface area (Å²) in [6.07, 6.45) is 3.21. The van der Waals surface area contributed by atoms with E-state index in [1.54, 1.807) is 6.07 Å². The first-order chi connectivity index (χ1) is 20.5. The summed E-state index contributed by atoms with van der Waals surface area (Å²) in [4.78, 5) is 18.4. The van der Waals surface area contributed by atoms with Gasteiger partial charge in [0.05, 0.1) is 28.2 Å². The third-order valence-corrected chi connectivity index (χ3v) is 8.07. The summed E-state index contributed by atoms with van der Waals surface area (Å²) in [5.41, 5.74) is 8.14. The summed E-state index contributed by atoms with van der Waals surface area (Å²) in [7, 11) is 0. The monoisotopic (exact) mass is 551 g/mol. The molecule has 42 heavy (non-hydrogen) atoms. The van der Waals surface area contributed by atoms with Crippen LogP contribution in [0.15, 0.2) is 117 Å². The van der Waals surface area contributed by atoms with Gasteiger partial charge in [0, 0.05) is 17.3 Å². The fraction of sp³-hybridized carbons (Fsp3) is 0.139. The van der Waals surface area contributed by atoms with E-state index < -0.39 is 5.63 Å². The van der Waals surface area contributed by atoms with Gasteiger partial charge in [-0.05, 0) is 68.0 Å². The van der Waals surface area contributed by atoms with Gasteiger partial charge in [0.1, 0.15) is 16.9 Å². The van der Waals surface area contributed by atoms with Crippen LogP contribution in [0.2, 0.25) is 0 Å². The molecule has 3 heterocycles. The largest absolute Gasteiger partial charge is 0.506 e. The number of hydrogen-bond donors (Lipinski definition) is 1. The lowest BCUT2D eigenvalue weighted by Crippen LogP contribution is -2.18. The van der Waals surface area contributed by atoms with Crippen molar-refractivity contribution in [2.75, 3.05) is 0 Å². The Morgan fingerprint density at radius 1 is 0.857 bits per heavy atom.